The predicted octanol–water partition coefficient (Wildman–Crippen LogP) is 4.87. The molecule has 3 aromatic carbocycles. The number of benzene rings is 3. The zero-order valence-corrected chi connectivity index (χ0v) is 34.0. The van der Waals surface area contributed by atoms with Crippen LogP contribution in [0.5, 0.6) is 11.5 Å². The van der Waals surface area contributed by atoms with Crippen molar-refractivity contribution in [3.8, 4) is 11.5 Å². The molecule has 0 radical (unpaired) electrons. The number of carbonyl (C=O) groups excluding carboxylic acids is 4. The summed E-state index contributed by atoms with van der Waals surface area (Å²) < 4.78 is 14.5. The highest BCUT2D eigenvalue weighted by Crippen LogP contribution is 2.41. The van der Waals surface area contributed by atoms with Crippen molar-refractivity contribution in [1.29, 1.82) is 0 Å². The van der Waals surface area contributed by atoms with Gasteiger partial charge in [-0.05, 0) is 62.4 Å². The molecule has 0 bridgehead atoms. The van der Waals surface area contributed by atoms with Crippen molar-refractivity contribution in [3.05, 3.63) is 83.6 Å². The van der Waals surface area contributed by atoms with Gasteiger partial charge in [-0.15, -0.1) is 9.45 Å². The molecule has 1 unspecified atom stereocenters. The van der Waals surface area contributed by atoms with Crippen molar-refractivity contribution in [1.82, 2.24) is 24.4 Å². The van der Waals surface area contributed by atoms with Gasteiger partial charge in [-0.2, -0.15) is 0 Å². The molecule has 17 heteroatoms. The van der Waals surface area contributed by atoms with Crippen LogP contribution in [0.15, 0.2) is 65.8 Å². The van der Waals surface area contributed by atoms with Crippen molar-refractivity contribution in [2.45, 2.75) is 43.9 Å². The minimum atomic E-state index is -0.488. The Morgan fingerprint density at radius 2 is 1.79 bits per heavy atom. The van der Waals surface area contributed by atoms with Gasteiger partial charge in [0.25, 0.3) is 17.7 Å². The lowest BCUT2D eigenvalue weighted by atomic mass is 10.1. The summed E-state index contributed by atoms with van der Waals surface area (Å²) in [6.07, 6.45) is 6.50. The van der Waals surface area contributed by atoms with E-state index in [-0.39, 0.29) is 68.5 Å². The first-order valence-electron chi connectivity index (χ1n) is 18.3. The van der Waals surface area contributed by atoms with E-state index < -0.39 is 5.91 Å². The van der Waals surface area contributed by atoms with Gasteiger partial charge in [0.2, 0.25) is 11.7 Å². The molecule has 0 fully saturated rings. The van der Waals surface area contributed by atoms with Gasteiger partial charge >= 0.3 is 0 Å². The van der Waals surface area contributed by atoms with E-state index in [2.05, 4.69) is 30.9 Å². The second-order valence-corrected chi connectivity index (χ2v) is 18.0. The normalized spacial score (nSPS) is 15.0. The Balaban J connectivity index is 0.926. The van der Waals surface area contributed by atoms with Crippen LogP contribution in [0.25, 0.3) is 11.0 Å². The Morgan fingerprint density at radius 3 is 2.56 bits per heavy atom. The molecule has 2 atom stereocenters. The van der Waals surface area contributed by atoms with Crippen molar-refractivity contribution in [2.75, 3.05) is 42.1 Å². The van der Waals surface area contributed by atoms with E-state index in [9.17, 15) is 19.2 Å². The van der Waals surface area contributed by atoms with Gasteiger partial charge in [-0.3, -0.25) is 29.1 Å². The molecule has 0 saturated heterocycles. The third-order valence-electron chi connectivity index (χ3n) is 10.1. The summed E-state index contributed by atoms with van der Waals surface area (Å²) in [5.74, 6) is 0.0850. The Kier molecular flexibility index (Phi) is 11.0. The fraction of sp³-hybridized carbons (Fsp3) is 0.325. The molecule has 3 N–H and O–H groups in total. The number of para-hydroxylation sites is 1. The largest absolute Gasteiger partial charge is 0.493 e. The molecule has 296 valence electrons. The third kappa shape index (κ3) is 8.02. The van der Waals surface area contributed by atoms with Gasteiger partial charge in [-0.25, -0.2) is 9.97 Å². The van der Waals surface area contributed by atoms with Gasteiger partial charge in [0, 0.05) is 68.1 Å². The first kappa shape index (κ1) is 39.3. The third-order valence-corrected chi connectivity index (χ3v) is 13.1. The molecule has 2 aromatic heterocycles. The molecule has 4 amide bonds. The molecule has 15 nitrogen and oxygen atoms in total. The molecule has 0 saturated carbocycles. The van der Waals surface area contributed by atoms with Gasteiger partial charge in [-0.1, -0.05) is 29.4 Å². The highest BCUT2D eigenvalue weighted by molar-refractivity contribution is 8.29. The summed E-state index contributed by atoms with van der Waals surface area (Å²) in [5.41, 5.74) is 4.62. The highest BCUT2D eigenvalue weighted by Gasteiger charge is 2.36. The monoisotopic (exact) mass is 809 g/mol. The van der Waals surface area contributed by atoms with Crippen molar-refractivity contribution < 1.29 is 28.7 Å². The van der Waals surface area contributed by atoms with Crippen LogP contribution < -0.4 is 30.3 Å². The van der Waals surface area contributed by atoms with E-state index >= 15 is 0 Å². The van der Waals surface area contributed by atoms with E-state index in [4.69, 9.17) is 20.7 Å². The van der Waals surface area contributed by atoms with E-state index in [1.165, 1.54) is 11.7 Å². The number of ether oxygens (including phenoxy) is 2. The van der Waals surface area contributed by atoms with Gasteiger partial charge in [0.05, 0.1) is 42.0 Å². The van der Waals surface area contributed by atoms with Gasteiger partial charge < -0.3 is 34.6 Å². The van der Waals surface area contributed by atoms with E-state index in [1.54, 1.807) is 66.3 Å². The number of aliphatic imine (C=N–C) groups is 1. The highest BCUT2D eigenvalue weighted by atomic mass is 32.8. The molecular weight excluding hydrogens is 767 g/mol. The number of amides is 4. The Labute approximate surface area is 336 Å². The average Bonchev–Trinajstić information content (AvgIpc) is 3.83. The number of hydrogen-bond donors (Lipinski definition) is 3. The Bertz CT molecular complexity index is 2490. The summed E-state index contributed by atoms with van der Waals surface area (Å²) in [6, 6.07) is 16.2. The number of rotatable bonds is 13. The number of fused-ring (bicyclic) bond motifs is 5. The van der Waals surface area contributed by atoms with Crippen molar-refractivity contribution in [2.24, 2.45) is 19.1 Å². The Morgan fingerprint density at radius 1 is 1.00 bits per heavy atom. The lowest BCUT2D eigenvalue weighted by molar-refractivity contribution is -0.116. The van der Waals surface area contributed by atoms with E-state index in [1.807, 2.05) is 44.4 Å². The Hall–Kier alpha value is -5.94. The SMILES string of the molecule is COc1cc2c(cc1OCCCC(=O)Nc1cn(C)c(C(=O)Nc3ccc4nc(C(=O)NCC(C)(C)S(C)=S)n(C)c4c3)n1)N=C[C@@H]1Cc3ccccc3N1C2=O. The number of hydrogen-bond acceptors (Lipinski definition) is 10. The van der Waals surface area contributed by atoms with Gasteiger partial charge in [0.1, 0.15) is 0 Å². The van der Waals surface area contributed by atoms with Crippen molar-refractivity contribution >= 4 is 84.4 Å². The van der Waals surface area contributed by atoms with Crippen LogP contribution in [0.4, 0.5) is 22.9 Å². The summed E-state index contributed by atoms with van der Waals surface area (Å²) in [7, 11) is 4.59. The first-order chi connectivity index (χ1) is 27.2. The summed E-state index contributed by atoms with van der Waals surface area (Å²) in [6.45, 7) is 4.65. The number of anilines is 3. The lowest BCUT2D eigenvalue weighted by Gasteiger charge is -2.24. The van der Waals surface area contributed by atoms with Crippen LogP contribution >= 0.6 is 0 Å². The minimum absolute atomic E-state index is 0.0826. The van der Waals surface area contributed by atoms with Crippen LogP contribution in [0.3, 0.4) is 0 Å². The molecule has 4 heterocycles. The maximum atomic E-state index is 13.7. The van der Waals surface area contributed by atoms with Crippen LogP contribution in [0.2, 0.25) is 0 Å². The van der Waals surface area contributed by atoms with Crippen LogP contribution in [0, 0.1) is 0 Å². The first-order valence-corrected chi connectivity index (χ1v) is 20.8. The topological polar surface area (TPSA) is 174 Å². The number of methoxy groups -OCH3 is 1. The molecule has 2 aliphatic heterocycles. The molecule has 2 aliphatic rings. The zero-order chi connectivity index (χ0) is 40.6. The smallest absolute Gasteiger partial charge is 0.291 e. The second kappa shape index (κ2) is 15.9. The molecular formula is C40H43N9O6S2. The minimum Gasteiger partial charge on any atom is -0.493 e. The number of nitrogens with one attached hydrogen (secondary N) is 3. The molecule has 7 rings (SSSR count). The van der Waals surface area contributed by atoms with E-state index in [0.717, 1.165) is 11.3 Å². The van der Waals surface area contributed by atoms with E-state index in [0.29, 0.717) is 58.9 Å². The number of aryl methyl sites for hydroxylation is 2. The van der Waals surface area contributed by atoms with Crippen LogP contribution in [-0.2, 0) is 46.0 Å². The molecule has 0 aliphatic carbocycles. The number of carbonyl (C=O) groups is 4. The van der Waals surface area contributed by atoms with Crippen LogP contribution in [-0.4, -0.2) is 86.3 Å². The average molecular weight is 810 g/mol. The summed E-state index contributed by atoms with van der Waals surface area (Å²) >= 11 is 5.42. The second-order valence-electron chi connectivity index (χ2n) is 14.5. The number of nitrogens with zero attached hydrogens (tertiary/aromatic N) is 6. The zero-order valence-electron chi connectivity index (χ0n) is 32.4. The molecule has 57 heavy (non-hydrogen) atoms. The number of imidazole rings is 2. The van der Waals surface area contributed by atoms with Gasteiger partial charge in [0.15, 0.2) is 23.1 Å². The lowest BCUT2D eigenvalue weighted by Crippen LogP contribution is -2.41. The summed E-state index contributed by atoms with van der Waals surface area (Å²) in [5, 5.41) is 8.53. The predicted molar refractivity (Wildman–Crippen MR) is 224 cm³/mol. The fourth-order valence-electron chi connectivity index (χ4n) is 6.68. The number of aromatic nitrogens is 4. The summed E-state index contributed by atoms with van der Waals surface area (Å²) in [4.78, 5) is 68.0. The quantitative estimate of drug-likeness (QED) is 0.140. The maximum absolute atomic E-state index is 13.7. The van der Waals surface area contributed by atoms with Crippen LogP contribution in [0.1, 0.15) is 63.8 Å². The maximum Gasteiger partial charge on any atom is 0.291 e. The fourth-order valence-corrected chi connectivity index (χ4v) is 7.13. The molecule has 0 spiro atoms. The standard InChI is InChI=1S/C40H43N9O6S2/c1-40(2,57(6)56)22-42-37(51)36-44-27-14-13-24(17-30(27)48(36)4)43-38(52)35-46-33(21-47(35)3)45-34(50)12-9-15-55-32-19-28-26(18-31(32)54-5)39(53)49-25(20-41-28)16-23-10-7-8-11-29(23)49/h7-8,10-11,13-14,17-21,25H,9,12,15-16,22H2,1-6H3,(H,42,51)(H,43,52)(H,45,50)/t25-,57?/m0/s1. The van der Waals surface area contributed by atoms with Crippen molar-refractivity contribution in [3.63, 3.8) is 0 Å². The molecule has 5 aromatic rings.